The molecule has 11 atom stereocenters. The van der Waals surface area contributed by atoms with E-state index in [1.165, 1.54) is 70.6 Å². The fourth-order valence-electron chi connectivity index (χ4n) is 11.6. The monoisotopic (exact) mass is 685 g/mol. The number of hydrogen-bond donors (Lipinski definition) is 5. The molecule has 4 aliphatic carbocycles. The van der Waals surface area contributed by atoms with Crippen LogP contribution in [-0.4, -0.2) is 64.4 Å². The lowest BCUT2D eigenvalue weighted by Crippen LogP contribution is -2.57. The SMILES string of the molecule is CC(C)[C@@H](CC[C@@H](C)[C@H]1CCC2C3C(CC[C@@]21C)[C@@]1(C)CC[C@H](NCCCNCCCCNCCCN)C[C@@H]1C[C@H]3C)OS(=O)(=O)O.[HH]. The molecule has 0 aromatic heterocycles. The molecule has 0 heterocycles. The summed E-state index contributed by atoms with van der Waals surface area (Å²) in [5.41, 5.74) is 6.41. The molecule has 0 amide bonds. The van der Waals surface area contributed by atoms with Crippen molar-refractivity contribution in [2.24, 2.45) is 63.9 Å². The highest BCUT2D eigenvalue weighted by Gasteiger charge is 2.62. The average molecular weight is 685 g/mol. The van der Waals surface area contributed by atoms with Crippen LogP contribution in [0.3, 0.4) is 0 Å². The van der Waals surface area contributed by atoms with Crippen LogP contribution in [-0.2, 0) is 14.6 Å². The first-order valence-corrected chi connectivity index (χ1v) is 21.2. The van der Waals surface area contributed by atoms with Crippen molar-refractivity contribution in [3.05, 3.63) is 0 Å². The first-order valence-electron chi connectivity index (χ1n) is 19.8. The van der Waals surface area contributed by atoms with Crippen molar-refractivity contribution in [1.29, 1.82) is 0 Å². The Kier molecular flexibility index (Phi) is 14.9. The maximum Gasteiger partial charge on any atom is 0.397 e. The van der Waals surface area contributed by atoms with E-state index in [1.807, 2.05) is 13.8 Å². The summed E-state index contributed by atoms with van der Waals surface area (Å²) in [7, 11) is -4.43. The van der Waals surface area contributed by atoms with Gasteiger partial charge in [0.25, 0.3) is 0 Å². The molecule has 4 fully saturated rings. The van der Waals surface area contributed by atoms with Gasteiger partial charge in [-0.2, -0.15) is 8.42 Å². The minimum absolute atomic E-state index is 0. The first kappa shape index (κ1) is 39.5. The molecular formula is C38H76N4O4S. The van der Waals surface area contributed by atoms with E-state index >= 15 is 0 Å². The maximum atomic E-state index is 11.5. The Bertz CT molecular complexity index is 1050. The standard InChI is InChI=1S/C38H74N4O4S.H2/c1-27(2)35(46-47(43,44)45)14-11-28(3)32-12-13-33-36-29(4)25-30-26-31(15-17-37(30,5)34(36)16-18-38(32,33)6)42-24-10-23-41-21-8-7-20-40-22-9-19-39;/h27-36,40-42H,7-26,39H2,1-6H3,(H,43,44,45);1H/t28-,29-,30+,31+,32-,33?,34?,35-,36?,37+,38-;/m1./s1. The van der Waals surface area contributed by atoms with Gasteiger partial charge < -0.3 is 21.7 Å². The van der Waals surface area contributed by atoms with E-state index in [-0.39, 0.29) is 7.34 Å². The molecule has 8 nitrogen and oxygen atoms in total. The third kappa shape index (κ3) is 10.2. The quantitative estimate of drug-likeness (QED) is 0.0683. The van der Waals surface area contributed by atoms with Crippen LogP contribution in [0.1, 0.15) is 133 Å². The van der Waals surface area contributed by atoms with Gasteiger partial charge in [0.2, 0.25) is 0 Å². The van der Waals surface area contributed by atoms with Gasteiger partial charge in [0.1, 0.15) is 0 Å². The molecule has 6 N–H and O–H groups in total. The number of nitrogens with two attached hydrogens (primary N) is 1. The van der Waals surface area contributed by atoms with Crippen LogP contribution in [0.5, 0.6) is 0 Å². The van der Waals surface area contributed by atoms with Gasteiger partial charge in [-0.3, -0.25) is 4.55 Å². The Hall–Kier alpha value is -0.290. The van der Waals surface area contributed by atoms with Crippen LogP contribution in [0.2, 0.25) is 0 Å². The molecule has 0 saturated heterocycles. The highest BCUT2D eigenvalue weighted by molar-refractivity contribution is 7.80. The third-order valence-corrected chi connectivity index (χ3v) is 14.7. The van der Waals surface area contributed by atoms with Gasteiger partial charge in [0, 0.05) is 7.47 Å². The molecule has 0 bridgehead atoms. The number of rotatable bonds is 20. The Morgan fingerprint density at radius 2 is 1.49 bits per heavy atom. The normalized spacial score (nSPS) is 36.9. The molecule has 0 radical (unpaired) electrons. The molecule has 4 aliphatic rings. The van der Waals surface area contributed by atoms with E-state index in [1.54, 1.807) is 0 Å². The molecule has 0 aliphatic heterocycles. The summed E-state index contributed by atoms with van der Waals surface area (Å²) in [6.07, 6.45) is 16.8. The number of hydrogen-bond acceptors (Lipinski definition) is 7. The number of nitrogens with one attached hydrogen (secondary N) is 3. The molecule has 4 saturated carbocycles. The van der Waals surface area contributed by atoms with Crippen LogP contribution in [0, 0.1) is 58.2 Å². The van der Waals surface area contributed by atoms with Gasteiger partial charge in [0.05, 0.1) is 6.10 Å². The molecule has 47 heavy (non-hydrogen) atoms. The fraction of sp³-hybridized carbons (Fsp3) is 1.00. The van der Waals surface area contributed by atoms with Crippen LogP contribution in [0.15, 0.2) is 0 Å². The highest BCUT2D eigenvalue weighted by atomic mass is 32.3. The van der Waals surface area contributed by atoms with Crippen molar-refractivity contribution in [3.63, 3.8) is 0 Å². The first-order chi connectivity index (χ1) is 22.3. The van der Waals surface area contributed by atoms with Crippen molar-refractivity contribution < 1.29 is 18.6 Å². The summed E-state index contributed by atoms with van der Waals surface area (Å²) < 4.78 is 37.3. The second-order valence-electron chi connectivity index (χ2n) is 17.4. The van der Waals surface area contributed by atoms with Crippen molar-refractivity contribution in [1.82, 2.24) is 16.0 Å². The van der Waals surface area contributed by atoms with Gasteiger partial charge >= 0.3 is 10.4 Å². The summed E-state index contributed by atoms with van der Waals surface area (Å²) in [4.78, 5) is 0. The second-order valence-corrected chi connectivity index (χ2v) is 18.5. The summed E-state index contributed by atoms with van der Waals surface area (Å²) in [6, 6.07) is 0.682. The van der Waals surface area contributed by atoms with Gasteiger partial charge in [-0.15, -0.1) is 0 Å². The van der Waals surface area contributed by atoms with Crippen LogP contribution >= 0.6 is 0 Å². The summed E-state index contributed by atoms with van der Waals surface area (Å²) >= 11 is 0. The molecule has 9 heteroatoms. The van der Waals surface area contributed by atoms with Crippen molar-refractivity contribution >= 4 is 10.4 Å². The molecule has 3 unspecified atom stereocenters. The smallest absolute Gasteiger partial charge is 0.330 e. The molecule has 0 spiro atoms. The van der Waals surface area contributed by atoms with Crippen molar-refractivity contribution in [2.75, 3.05) is 39.3 Å². The molecular weight excluding hydrogens is 609 g/mol. The Balaban J connectivity index is 0.00000625. The van der Waals surface area contributed by atoms with Gasteiger partial charge in [-0.05, 0) is 187 Å². The fourth-order valence-corrected chi connectivity index (χ4v) is 12.2. The third-order valence-electron chi connectivity index (χ3n) is 14.2. The van der Waals surface area contributed by atoms with E-state index < -0.39 is 16.5 Å². The Morgan fingerprint density at radius 3 is 2.15 bits per heavy atom. The van der Waals surface area contributed by atoms with E-state index in [0.717, 1.165) is 81.7 Å². The second kappa shape index (κ2) is 17.8. The topological polar surface area (TPSA) is 126 Å². The predicted octanol–water partition coefficient (Wildman–Crippen LogP) is 7.05. The average Bonchev–Trinajstić information content (AvgIpc) is 3.36. The molecule has 4 rings (SSSR count). The van der Waals surface area contributed by atoms with Crippen LogP contribution in [0.25, 0.3) is 0 Å². The lowest BCUT2D eigenvalue weighted by Gasteiger charge is -2.63. The van der Waals surface area contributed by atoms with Gasteiger partial charge in [-0.1, -0.05) is 41.5 Å². The minimum Gasteiger partial charge on any atom is -0.330 e. The van der Waals surface area contributed by atoms with E-state index in [0.29, 0.717) is 35.1 Å². The lowest BCUT2D eigenvalue weighted by molar-refractivity contribution is -0.140. The maximum absolute atomic E-state index is 11.5. The molecule has 278 valence electrons. The van der Waals surface area contributed by atoms with Gasteiger partial charge in [0.15, 0.2) is 0 Å². The van der Waals surface area contributed by atoms with Crippen molar-refractivity contribution in [2.45, 2.75) is 144 Å². The minimum atomic E-state index is -4.43. The van der Waals surface area contributed by atoms with E-state index in [2.05, 4.69) is 43.6 Å². The lowest BCUT2D eigenvalue weighted by atomic mass is 9.42. The number of unbranched alkanes of at least 4 members (excludes halogenated alkanes) is 1. The summed E-state index contributed by atoms with van der Waals surface area (Å²) in [5, 5.41) is 11.1. The summed E-state index contributed by atoms with van der Waals surface area (Å²) in [6.45, 7) is 20.5. The largest absolute Gasteiger partial charge is 0.397 e. The van der Waals surface area contributed by atoms with Gasteiger partial charge in [-0.25, -0.2) is 4.18 Å². The summed E-state index contributed by atoms with van der Waals surface area (Å²) in [5.74, 6) is 5.41. The molecule has 0 aromatic carbocycles. The van der Waals surface area contributed by atoms with Crippen LogP contribution < -0.4 is 21.7 Å². The zero-order valence-corrected chi connectivity index (χ0v) is 31.9. The van der Waals surface area contributed by atoms with Crippen molar-refractivity contribution in [3.8, 4) is 0 Å². The Labute approximate surface area is 291 Å². The zero-order chi connectivity index (χ0) is 34.2. The zero-order valence-electron chi connectivity index (χ0n) is 31.1. The van der Waals surface area contributed by atoms with E-state index in [9.17, 15) is 13.0 Å². The predicted molar refractivity (Wildman–Crippen MR) is 197 cm³/mol. The molecule has 0 aromatic rings. The van der Waals surface area contributed by atoms with E-state index in [4.69, 9.17) is 9.92 Å². The number of fused-ring (bicyclic) bond motifs is 5. The van der Waals surface area contributed by atoms with Crippen LogP contribution in [0.4, 0.5) is 0 Å². The Morgan fingerprint density at radius 1 is 0.851 bits per heavy atom. The highest BCUT2D eigenvalue weighted by Crippen LogP contribution is 2.69.